The zero-order chi connectivity index (χ0) is 14.5. The Morgan fingerprint density at radius 3 is 2.95 bits per heavy atom. The average molecular weight is 298 g/mol. The number of hydrogen-bond donors (Lipinski definition) is 1. The summed E-state index contributed by atoms with van der Waals surface area (Å²) in [5, 5.41) is 7.29. The molecule has 4 nitrogen and oxygen atoms in total. The molecule has 1 atom stereocenters. The van der Waals surface area contributed by atoms with Gasteiger partial charge in [-0.3, -0.25) is 0 Å². The second-order valence-electron chi connectivity index (χ2n) is 4.70. The number of nitrogens with one attached hydrogen (secondary N) is 1. The summed E-state index contributed by atoms with van der Waals surface area (Å²) in [4.78, 5) is 4.30. The topological polar surface area (TPSA) is 51.0 Å². The quantitative estimate of drug-likeness (QED) is 0.887. The van der Waals surface area contributed by atoms with Gasteiger partial charge >= 0.3 is 0 Å². The first-order valence-electron chi connectivity index (χ1n) is 6.61. The van der Waals surface area contributed by atoms with Crippen molar-refractivity contribution < 1.29 is 8.91 Å². The number of halogens is 2. The molecule has 2 aromatic rings. The van der Waals surface area contributed by atoms with Crippen LogP contribution in [0.5, 0.6) is 0 Å². The van der Waals surface area contributed by atoms with Crippen LogP contribution in [-0.4, -0.2) is 22.7 Å². The van der Waals surface area contributed by atoms with Crippen molar-refractivity contribution in [2.75, 3.05) is 6.54 Å². The molecule has 0 spiro atoms. The third-order valence-corrected chi connectivity index (χ3v) is 3.16. The summed E-state index contributed by atoms with van der Waals surface area (Å²) in [7, 11) is 0. The monoisotopic (exact) mass is 297 g/mol. The van der Waals surface area contributed by atoms with Gasteiger partial charge in [0, 0.05) is 18.0 Å². The van der Waals surface area contributed by atoms with Crippen LogP contribution in [0, 0.1) is 5.82 Å². The van der Waals surface area contributed by atoms with Crippen molar-refractivity contribution >= 4 is 11.6 Å². The molecule has 108 valence electrons. The Labute approximate surface area is 122 Å². The summed E-state index contributed by atoms with van der Waals surface area (Å²) in [5.41, 5.74) is 0.639. The number of nitrogens with zero attached hydrogens (tertiary/aromatic N) is 2. The highest BCUT2D eigenvalue weighted by atomic mass is 35.5. The fourth-order valence-electron chi connectivity index (χ4n) is 1.82. The van der Waals surface area contributed by atoms with Crippen LogP contribution in [0.25, 0.3) is 11.4 Å². The van der Waals surface area contributed by atoms with Gasteiger partial charge in [0.25, 0.3) is 0 Å². The van der Waals surface area contributed by atoms with Gasteiger partial charge in [0.05, 0.1) is 5.02 Å². The summed E-state index contributed by atoms with van der Waals surface area (Å²) < 4.78 is 18.3. The molecule has 2 rings (SSSR count). The largest absolute Gasteiger partial charge is 0.339 e. The Balaban J connectivity index is 2.06. The fraction of sp³-hybridized carbons (Fsp3) is 0.429. The molecule has 0 fully saturated rings. The van der Waals surface area contributed by atoms with Gasteiger partial charge in [0.1, 0.15) is 5.82 Å². The first kappa shape index (κ1) is 14.9. The summed E-state index contributed by atoms with van der Waals surface area (Å²) in [6, 6.07) is 4.62. The van der Waals surface area contributed by atoms with Gasteiger partial charge in [-0.1, -0.05) is 23.7 Å². The zero-order valence-electron chi connectivity index (χ0n) is 11.5. The predicted molar refractivity (Wildman–Crippen MR) is 76.2 cm³/mol. The maximum absolute atomic E-state index is 13.1. The van der Waals surface area contributed by atoms with E-state index in [2.05, 4.69) is 29.3 Å². The Bertz CT molecular complexity index is 573. The third-order valence-electron chi connectivity index (χ3n) is 2.87. The SMILES string of the molecule is CCCNC(C)Cc1nc(-c2ccc(F)c(Cl)c2)no1. The van der Waals surface area contributed by atoms with Crippen molar-refractivity contribution in [2.24, 2.45) is 0 Å². The van der Waals surface area contributed by atoms with Crippen molar-refractivity contribution in [1.29, 1.82) is 0 Å². The minimum atomic E-state index is -0.462. The standard InChI is InChI=1S/C14H17ClFN3O/c1-3-6-17-9(2)7-13-18-14(19-20-13)10-4-5-12(16)11(15)8-10/h4-5,8-9,17H,3,6-7H2,1-2H3. The molecule has 1 aromatic heterocycles. The number of hydrogen-bond acceptors (Lipinski definition) is 4. The molecule has 0 saturated carbocycles. The van der Waals surface area contributed by atoms with Crippen molar-refractivity contribution in [3.63, 3.8) is 0 Å². The van der Waals surface area contributed by atoms with Crippen LogP contribution in [0.1, 0.15) is 26.2 Å². The Morgan fingerprint density at radius 1 is 1.45 bits per heavy atom. The molecule has 0 saturated heterocycles. The number of aromatic nitrogens is 2. The van der Waals surface area contributed by atoms with Crippen molar-refractivity contribution in [3.8, 4) is 11.4 Å². The summed E-state index contributed by atoms with van der Waals surface area (Å²) in [6.45, 7) is 5.13. The molecule has 0 radical (unpaired) electrons. The molecule has 20 heavy (non-hydrogen) atoms. The van der Waals surface area contributed by atoms with E-state index < -0.39 is 5.82 Å². The smallest absolute Gasteiger partial charge is 0.228 e. The third kappa shape index (κ3) is 3.77. The molecule has 0 bridgehead atoms. The molecule has 0 aliphatic heterocycles. The van der Waals surface area contributed by atoms with E-state index in [9.17, 15) is 4.39 Å². The van der Waals surface area contributed by atoms with Crippen LogP contribution in [0.4, 0.5) is 4.39 Å². The highest BCUT2D eigenvalue weighted by Crippen LogP contribution is 2.22. The molecule has 0 aliphatic rings. The minimum Gasteiger partial charge on any atom is -0.339 e. The van der Waals surface area contributed by atoms with Gasteiger partial charge < -0.3 is 9.84 Å². The molecule has 0 amide bonds. The molecular weight excluding hydrogens is 281 g/mol. The van der Waals surface area contributed by atoms with E-state index >= 15 is 0 Å². The first-order chi connectivity index (χ1) is 9.60. The Kier molecular flexibility index (Phi) is 5.09. The van der Waals surface area contributed by atoms with E-state index in [0.717, 1.165) is 13.0 Å². The minimum absolute atomic E-state index is 0.0480. The predicted octanol–water partition coefficient (Wildman–Crippen LogP) is 3.46. The van der Waals surface area contributed by atoms with Crippen LogP contribution in [0.15, 0.2) is 22.7 Å². The highest BCUT2D eigenvalue weighted by Gasteiger charge is 2.12. The molecule has 0 aliphatic carbocycles. The lowest BCUT2D eigenvalue weighted by Crippen LogP contribution is -2.28. The van der Waals surface area contributed by atoms with E-state index in [1.807, 2.05) is 0 Å². The normalized spacial score (nSPS) is 12.6. The van der Waals surface area contributed by atoms with Crippen molar-refractivity contribution in [3.05, 3.63) is 34.9 Å². The first-order valence-corrected chi connectivity index (χ1v) is 6.99. The van der Waals surface area contributed by atoms with E-state index in [4.69, 9.17) is 16.1 Å². The molecule has 6 heteroatoms. The number of benzene rings is 1. The van der Waals surface area contributed by atoms with Gasteiger partial charge in [-0.25, -0.2) is 4.39 Å². The van der Waals surface area contributed by atoms with Gasteiger partial charge in [-0.05, 0) is 38.1 Å². The maximum Gasteiger partial charge on any atom is 0.228 e. The van der Waals surface area contributed by atoms with Crippen LogP contribution in [0.3, 0.4) is 0 Å². The zero-order valence-corrected chi connectivity index (χ0v) is 12.2. The number of rotatable bonds is 6. The van der Waals surface area contributed by atoms with E-state index in [1.165, 1.54) is 12.1 Å². The van der Waals surface area contributed by atoms with Crippen LogP contribution >= 0.6 is 11.6 Å². The van der Waals surface area contributed by atoms with E-state index in [-0.39, 0.29) is 11.1 Å². The molecule has 1 aromatic carbocycles. The lowest BCUT2D eigenvalue weighted by Gasteiger charge is -2.09. The fourth-order valence-corrected chi connectivity index (χ4v) is 2.00. The van der Waals surface area contributed by atoms with Crippen molar-refractivity contribution in [1.82, 2.24) is 15.5 Å². The van der Waals surface area contributed by atoms with Gasteiger partial charge in [-0.15, -0.1) is 0 Å². The van der Waals surface area contributed by atoms with E-state index in [1.54, 1.807) is 6.07 Å². The summed E-state index contributed by atoms with van der Waals surface area (Å²) >= 11 is 5.74. The molecular formula is C14H17ClFN3O. The second kappa shape index (κ2) is 6.81. The maximum atomic E-state index is 13.1. The second-order valence-corrected chi connectivity index (χ2v) is 5.11. The van der Waals surface area contributed by atoms with Gasteiger partial charge in [0.2, 0.25) is 11.7 Å². The molecule has 1 heterocycles. The average Bonchev–Trinajstić information content (AvgIpc) is 2.88. The molecule has 1 N–H and O–H groups in total. The Hall–Kier alpha value is -1.46. The van der Waals surface area contributed by atoms with Crippen molar-refractivity contribution in [2.45, 2.75) is 32.7 Å². The highest BCUT2D eigenvalue weighted by molar-refractivity contribution is 6.31. The van der Waals surface area contributed by atoms with E-state index in [0.29, 0.717) is 23.7 Å². The van der Waals surface area contributed by atoms with Gasteiger partial charge in [0.15, 0.2) is 0 Å². The lowest BCUT2D eigenvalue weighted by molar-refractivity contribution is 0.362. The molecule has 1 unspecified atom stereocenters. The van der Waals surface area contributed by atoms with Crippen LogP contribution in [-0.2, 0) is 6.42 Å². The van der Waals surface area contributed by atoms with Crippen LogP contribution < -0.4 is 5.32 Å². The Morgan fingerprint density at radius 2 is 2.25 bits per heavy atom. The van der Waals surface area contributed by atoms with Gasteiger partial charge in [-0.2, -0.15) is 4.98 Å². The summed E-state index contributed by atoms with van der Waals surface area (Å²) in [5.74, 6) is 0.512. The van der Waals surface area contributed by atoms with Crippen LogP contribution in [0.2, 0.25) is 5.02 Å². The summed E-state index contributed by atoms with van der Waals surface area (Å²) in [6.07, 6.45) is 1.73. The lowest BCUT2D eigenvalue weighted by atomic mass is 10.2.